The molecule has 1 aromatic carbocycles. The van der Waals surface area contributed by atoms with Crippen LogP contribution in [0.3, 0.4) is 0 Å². The molecular weight excluding hydrogens is 528 g/mol. The highest BCUT2D eigenvalue weighted by atomic mass is 32.2. The van der Waals surface area contributed by atoms with Crippen molar-refractivity contribution >= 4 is 22.1 Å². The maximum absolute atomic E-state index is 12.5. The topological polar surface area (TPSA) is 107 Å². The van der Waals surface area contributed by atoms with Crippen LogP contribution in [-0.4, -0.2) is 43.9 Å². The fraction of sp³-hybridized carbons (Fsp3) is 0.750. The Balaban J connectivity index is 2.03. The van der Waals surface area contributed by atoms with E-state index in [-0.39, 0.29) is 36.3 Å². The Morgan fingerprint density at radius 3 is 1.25 bits per heavy atom. The van der Waals surface area contributed by atoms with E-state index in [1.165, 1.54) is 108 Å². The standard InChI is InChI=1S/C32H54O7S/c1-2-3-4-5-6-7-8-9-10-11-12-13-14-15-16-17-18-21-26-38-31(33)29-24-19-20-25-30(29)32(34)39-27-22-23-28-40(35,36)37/h19-20,24-25H,2-18,21-23,26-28H2,1H3,(H,35,36,37). The Kier molecular flexibility index (Phi) is 21.4. The zero-order valence-corrected chi connectivity index (χ0v) is 25.7. The van der Waals surface area contributed by atoms with Crippen LogP contribution in [0.1, 0.15) is 156 Å². The number of carbonyl (C=O) groups is 2. The normalized spacial score (nSPS) is 11.4. The third-order valence-corrected chi connectivity index (χ3v) is 7.93. The average molecular weight is 583 g/mol. The molecule has 0 fully saturated rings. The van der Waals surface area contributed by atoms with Crippen molar-refractivity contribution in [1.82, 2.24) is 0 Å². The smallest absolute Gasteiger partial charge is 0.339 e. The molecule has 0 spiro atoms. The lowest BCUT2D eigenvalue weighted by atomic mass is 10.0. The molecule has 8 heteroatoms. The highest BCUT2D eigenvalue weighted by Gasteiger charge is 2.19. The third kappa shape index (κ3) is 20.0. The maximum Gasteiger partial charge on any atom is 0.339 e. The summed E-state index contributed by atoms with van der Waals surface area (Å²) in [6.07, 6.45) is 23.8. The molecule has 0 amide bonds. The molecule has 1 rings (SSSR count). The number of rotatable bonds is 26. The van der Waals surface area contributed by atoms with Gasteiger partial charge in [0, 0.05) is 0 Å². The number of unbranched alkanes of at least 4 members (excludes halogenated alkanes) is 18. The first-order valence-electron chi connectivity index (χ1n) is 15.7. The molecule has 0 aromatic heterocycles. The first-order chi connectivity index (χ1) is 19.3. The largest absolute Gasteiger partial charge is 0.462 e. The Hall–Kier alpha value is -1.93. The van der Waals surface area contributed by atoms with Gasteiger partial charge in [0.05, 0.1) is 30.1 Å². The molecule has 230 valence electrons. The van der Waals surface area contributed by atoms with Crippen LogP contribution in [-0.2, 0) is 19.6 Å². The van der Waals surface area contributed by atoms with E-state index in [4.69, 9.17) is 14.0 Å². The van der Waals surface area contributed by atoms with Crippen molar-refractivity contribution < 1.29 is 32.0 Å². The molecule has 0 aliphatic heterocycles. The minimum atomic E-state index is -4.03. The van der Waals surface area contributed by atoms with E-state index in [2.05, 4.69) is 6.92 Å². The summed E-state index contributed by atoms with van der Waals surface area (Å²) >= 11 is 0. The Morgan fingerprint density at radius 1 is 0.575 bits per heavy atom. The van der Waals surface area contributed by atoms with Crippen LogP contribution in [0.15, 0.2) is 24.3 Å². The van der Waals surface area contributed by atoms with Crippen molar-refractivity contribution in [2.24, 2.45) is 0 Å². The monoisotopic (exact) mass is 582 g/mol. The van der Waals surface area contributed by atoms with Gasteiger partial charge in [-0.1, -0.05) is 128 Å². The second-order valence-electron chi connectivity index (χ2n) is 10.8. The van der Waals surface area contributed by atoms with Crippen molar-refractivity contribution in [2.45, 2.75) is 135 Å². The van der Waals surface area contributed by atoms with Gasteiger partial charge in [0.25, 0.3) is 10.1 Å². The van der Waals surface area contributed by atoms with Crippen molar-refractivity contribution in [3.63, 3.8) is 0 Å². The lowest BCUT2D eigenvalue weighted by Crippen LogP contribution is -2.15. The molecule has 0 heterocycles. The molecule has 1 N–H and O–H groups in total. The fourth-order valence-electron chi connectivity index (χ4n) is 4.71. The number of ether oxygens (including phenoxy) is 2. The first kappa shape index (κ1) is 36.1. The minimum absolute atomic E-state index is 0.00293. The van der Waals surface area contributed by atoms with Crippen LogP contribution in [0.4, 0.5) is 0 Å². The highest BCUT2D eigenvalue weighted by Crippen LogP contribution is 2.15. The molecule has 0 radical (unpaired) electrons. The minimum Gasteiger partial charge on any atom is -0.462 e. The molecular formula is C32H54O7S. The van der Waals surface area contributed by atoms with Crippen LogP contribution in [0, 0.1) is 0 Å². The molecule has 0 saturated heterocycles. The summed E-state index contributed by atoms with van der Waals surface area (Å²) in [6, 6.07) is 6.35. The summed E-state index contributed by atoms with van der Waals surface area (Å²) in [5.41, 5.74) is 0.285. The van der Waals surface area contributed by atoms with Crippen LogP contribution in [0.25, 0.3) is 0 Å². The first-order valence-corrected chi connectivity index (χ1v) is 17.3. The highest BCUT2D eigenvalue weighted by molar-refractivity contribution is 7.85. The molecule has 0 bridgehead atoms. The molecule has 0 unspecified atom stereocenters. The predicted octanol–water partition coefficient (Wildman–Crippen LogP) is 8.71. The van der Waals surface area contributed by atoms with E-state index in [1.54, 1.807) is 12.1 Å². The van der Waals surface area contributed by atoms with Gasteiger partial charge in [-0.25, -0.2) is 9.59 Å². The lowest BCUT2D eigenvalue weighted by Gasteiger charge is -2.10. The quantitative estimate of drug-likeness (QED) is 0.0661. The molecule has 0 aliphatic carbocycles. The van der Waals surface area contributed by atoms with Gasteiger partial charge in [0.1, 0.15) is 0 Å². The van der Waals surface area contributed by atoms with E-state index < -0.39 is 22.1 Å². The SMILES string of the molecule is CCCCCCCCCCCCCCCCCCCCOC(=O)c1ccccc1C(=O)OCCCCS(=O)(=O)O. The lowest BCUT2D eigenvalue weighted by molar-refractivity contribution is 0.0451. The van der Waals surface area contributed by atoms with Gasteiger partial charge in [-0.3, -0.25) is 4.55 Å². The van der Waals surface area contributed by atoms with E-state index in [0.29, 0.717) is 6.61 Å². The Morgan fingerprint density at radius 2 is 0.900 bits per heavy atom. The van der Waals surface area contributed by atoms with Crippen LogP contribution >= 0.6 is 0 Å². The molecule has 40 heavy (non-hydrogen) atoms. The number of hydrogen-bond acceptors (Lipinski definition) is 6. The second-order valence-corrected chi connectivity index (χ2v) is 12.4. The van der Waals surface area contributed by atoms with Gasteiger partial charge in [0.15, 0.2) is 0 Å². The van der Waals surface area contributed by atoms with Crippen LogP contribution in [0.2, 0.25) is 0 Å². The van der Waals surface area contributed by atoms with Gasteiger partial charge < -0.3 is 9.47 Å². The fourth-order valence-corrected chi connectivity index (χ4v) is 5.28. The van der Waals surface area contributed by atoms with Gasteiger partial charge >= 0.3 is 11.9 Å². The summed E-state index contributed by atoms with van der Waals surface area (Å²) < 4.78 is 40.8. The van der Waals surface area contributed by atoms with Crippen molar-refractivity contribution in [1.29, 1.82) is 0 Å². The maximum atomic E-state index is 12.5. The average Bonchev–Trinajstić information content (AvgIpc) is 2.93. The number of benzene rings is 1. The third-order valence-electron chi connectivity index (χ3n) is 7.13. The molecule has 0 atom stereocenters. The Bertz CT molecular complexity index is 898. The summed E-state index contributed by atoms with van der Waals surface area (Å²) in [5, 5.41) is 0. The van der Waals surface area contributed by atoms with E-state index in [0.717, 1.165) is 19.3 Å². The zero-order valence-electron chi connectivity index (χ0n) is 24.9. The van der Waals surface area contributed by atoms with E-state index in [9.17, 15) is 18.0 Å². The van der Waals surface area contributed by atoms with E-state index >= 15 is 0 Å². The van der Waals surface area contributed by atoms with Crippen LogP contribution < -0.4 is 0 Å². The predicted molar refractivity (Wildman–Crippen MR) is 161 cm³/mol. The molecule has 7 nitrogen and oxygen atoms in total. The number of carbonyl (C=O) groups excluding carboxylic acids is 2. The van der Waals surface area contributed by atoms with Crippen molar-refractivity contribution in [2.75, 3.05) is 19.0 Å². The van der Waals surface area contributed by atoms with Gasteiger partial charge in [0.2, 0.25) is 0 Å². The Labute approximate surface area is 243 Å². The zero-order chi connectivity index (χ0) is 29.3. The molecule has 0 aliphatic rings. The van der Waals surface area contributed by atoms with Gasteiger partial charge in [-0.15, -0.1) is 0 Å². The number of esters is 2. The summed E-state index contributed by atoms with van der Waals surface area (Å²) in [4.78, 5) is 24.9. The molecule has 1 aromatic rings. The van der Waals surface area contributed by atoms with E-state index in [1.807, 2.05) is 0 Å². The number of hydrogen-bond donors (Lipinski definition) is 1. The van der Waals surface area contributed by atoms with Gasteiger partial charge in [-0.05, 0) is 31.4 Å². The summed E-state index contributed by atoms with van der Waals surface area (Å²) in [5.74, 6) is -1.59. The van der Waals surface area contributed by atoms with Crippen molar-refractivity contribution in [3.05, 3.63) is 35.4 Å². The second kappa shape index (κ2) is 23.7. The summed E-state index contributed by atoms with van der Waals surface area (Å²) in [6.45, 7) is 2.58. The van der Waals surface area contributed by atoms with Gasteiger partial charge in [-0.2, -0.15) is 8.42 Å². The summed E-state index contributed by atoms with van der Waals surface area (Å²) in [7, 11) is -4.03. The van der Waals surface area contributed by atoms with Crippen LogP contribution in [0.5, 0.6) is 0 Å². The van der Waals surface area contributed by atoms with Crippen molar-refractivity contribution in [3.8, 4) is 0 Å². The molecule has 0 saturated carbocycles.